The van der Waals surface area contributed by atoms with Crippen LogP contribution >= 0.6 is 0 Å². The lowest BCUT2D eigenvalue weighted by Crippen LogP contribution is -2.52. The van der Waals surface area contributed by atoms with Gasteiger partial charge in [0.05, 0.1) is 13.0 Å². The smallest absolute Gasteiger partial charge is 0.246 e. The number of carbonyl (C=O) groups excluding carboxylic acids is 1. The summed E-state index contributed by atoms with van der Waals surface area (Å²) < 4.78 is 46.2. The molecule has 2 heterocycles. The van der Waals surface area contributed by atoms with Gasteiger partial charge in [-0.3, -0.25) is 4.79 Å². The zero-order valence-corrected chi connectivity index (χ0v) is 16.5. The van der Waals surface area contributed by atoms with Crippen LogP contribution in [0.2, 0.25) is 0 Å². The van der Waals surface area contributed by atoms with Crippen LogP contribution in [0, 0.1) is 11.7 Å². The largest absolute Gasteiger partial charge is 0.495 e. The Labute approximate surface area is 159 Å². The van der Waals surface area contributed by atoms with Crippen molar-refractivity contribution in [3.05, 3.63) is 24.0 Å². The maximum atomic E-state index is 13.7. The first-order valence-electron chi connectivity index (χ1n) is 9.14. The van der Waals surface area contributed by atoms with Crippen LogP contribution in [-0.4, -0.2) is 81.9 Å². The Morgan fingerprint density at radius 1 is 1.19 bits per heavy atom. The van der Waals surface area contributed by atoms with E-state index in [2.05, 4.69) is 4.90 Å². The van der Waals surface area contributed by atoms with Crippen molar-refractivity contribution in [2.24, 2.45) is 5.92 Å². The van der Waals surface area contributed by atoms with Crippen molar-refractivity contribution in [2.75, 3.05) is 53.4 Å². The van der Waals surface area contributed by atoms with E-state index in [0.29, 0.717) is 32.5 Å². The normalized spacial score (nSPS) is 22.6. The van der Waals surface area contributed by atoms with Gasteiger partial charge in [0.2, 0.25) is 15.9 Å². The predicted molar refractivity (Wildman–Crippen MR) is 98.5 cm³/mol. The molecular weight excluding hydrogens is 373 g/mol. The number of carbonyl (C=O) groups is 1. The Kier molecular flexibility index (Phi) is 6.02. The molecule has 0 bridgehead atoms. The number of hydrogen-bond acceptors (Lipinski definition) is 5. The molecule has 0 spiro atoms. The molecule has 1 unspecified atom stereocenters. The van der Waals surface area contributed by atoms with Gasteiger partial charge in [0.15, 0.2) is 0 Å². The van der Waals surface area contributed by atoms with Crippen molar-refractivity contribution in [2.45, 2.75) is 17.7 Å². The number of halogens is 1. The van der Waals surface area contributed by atoms with Gasteiger partial charge in [-0.2, -0.15) is 4.31 Å². The quantitative estimate of drug-likeness (QED) is 0.756. The van der Waals surface area contributed by atoms with E-state index in [1.807, 2.05) is 11.9 Å². The molecule has 1 atom stereocenters. The highest BCUT2D eigenvalue weighted by Gasteiger charge is 2.36. The van der Waals surface area contributed by atoms with Gasteiger partial charge in [-0.25, -0.2) is 12.8 Å². The van der Waals surface area contributed by atoms with Crippen LogP contribution in [-0.2, 0) is 14.8 Å². The molecule has 2 aliphatic heterocycles. The molecule has 2 fully saturated rings. The Hall–Kier alpha value is -1.71. The van der Waals surface area contributed by atoms with Gasteiger partial charge in [-0.15, -0.1) is 0 Å². The molecule has 150 valence electrons. The molecule has 2 saturated heterocycles. The number of hydrogen-bond donors (Lipinski definition) is 0. The maximum absolute atomic E-state index is 13.7. The lowest BCUT2D eigenvalue weighted by atomic mass is 9.98. The average Bonchev–Trinajstić information content (AvgIpc) is 2.68. The van der Waals surface area contributed by atoms with E-state index in [0.717, 1.165) is 25.2 Å². The second-order valence-electron chi connectivity index (χ2n) is 7.13. The number of piperidine rings is 1. The number of piperazine rings is 1. The number of ether oxygens (including phenoxy) is 1. The van der Waals surface area contributed by atoms with Crippen LogP contribution in [0.4, 0.5) is 4.39 Å². The molecule has 0 aromatic heterocycles. The van der Waals surface area contributed by atoms with Crippen LogP contribution in [0.3, 0.4) is 0 Å². The number of amides is 1. The van der Waals surface area contributed by atoms with E-state index in [4.69, 9.17) is 4.74 Å². The lowest BCUT2D eigenvalue weighted by Gasteiger charge is -2.37. The molecule has 0 saturated carbocycles. The minimum absolute atomic E-state index is 0.00853. The van der Waals surface area contributed by atoms with Gasteiger partial charge < -0.3 is 14.5 Å². The first-order chi connectivity index (χ1) is 12.8. The molecule has 1 amide bonds. The van der Waals surface area contributed by atoms with E-state index in [9.17, 15) is 17.6 Å². The highest BCUT2D eigenvalue weighted by molar-refractivity contribution is 7.89. The fourth-order valence-electron chi connectivity index (χ4n) is 3.64. The van der Waals surface area contributed by atoms with E-state index >= 15 is 0 Å². The molecule has 0 aliphatic carbocycles. The van der Waals surface area contributed by atoms with Gasteiger partial charge >= 0.3 is 0 Å². The Morgan fingerprint density at radius 2 is 1.89 bits per heavy atom. The molecule has 9 heteroatoms. The van der Waals surface area contributed by atoms with Crippen LogP contribution in [0.5, 0.6) is 5.75 Å². The topological polar surface area (TPSA) is 70.2 Å². The Morgan fingerprint density at radius 3 is 2.56 bits per heavy atom. The zero-order valence-electron chi connectivity index (χ0n) is 15.7. The van der Waals surface area contributed by atoms with Gasteiger partial charge in [0, 0.05) is 39.3 Å². The van der Waals surface area contributed by atoms with Crippen molar-refractivity contribution in [3.8, 4) is 5.75 Å². The number of rotatable bonds is 4. The zero-order chi connectivity index (χ0) is 19.6. The molecule has 1 aromatic carbocycles. The third-order valence-corrected chi connectivity index (χ3v) is 7.18. The molecule has 3 rings (SSSR count). The minimum Gasteiger partial charge on any atom is -0.495 e. The first kappa shape index (κ1) is 20.0. The molecular formula is C18H26FN3O4S. The highest BCUT2D eigenvalue weighted by atomic mass is 32.2. The summed E-state index contributed by atoms with van der Waals surface area (Å²) in [5.74, 6) is -0.897. The molecule has 27 heavy (non-hydrogen) atoms. The van der Waals surface area contributed by atoms with Crippen molar-refractivity contribution in [3.63, 3.8) is 0 Å². The summed E-state index contributed by atoms with van der Waals surface area (Å²) >= 11 is 0. The summed E-state index contributed by atoms with van der Waals surface area (Å²) in [7, 11) is -0.578. The standard InChI is InChI=1S/C18H26FN3O4S/c1-20-8-10-21(11-9-20)18(23)14-4-3-7-22(13-14)27(24,25)17-12-15(19)5-6-16(17)26-2/h5-6,12,14H,3-4,7-11,13H2,1-2H3. The number of methoxy groups -OCH3 is 1. The summed E-state index contributed by atoms with van der Waals surface area (Å²) in [6, 6.07) is 3.44. The van der Waals surface area contributed by atoms with E-state index in [1.165, 1.54) is 17.5 Å². The van der Waals surface area contributed by atoms with Crippen molar-refractivity contribution in [1.82, 2.24) is 14.1 Å². The summed E-state index contributed by atoms with van der Waals surface area (Å²) in [5, 5.41) is 0. The van der Waals surface area contributed by atoms with Crippen LogP contribution < -0.4 is 4.74 Å². The van der Waals surface area contributed by atoms with Gasteiger partial charge in [-0.05, 0) is 38.1 Å². The SMILES string of the molecule is COc1ccc(F)cc1S(=O)(=O)N1CCCC(C(=O)N2CCN(C)CC2)C1. The molecule has 2 aliphatic rings. The second kappa shape index (κ2) is 8.12. The van der Waals surface area contributed by atoms with Crippen LogP contribution in [0.15, 0.2) is 23.1 Å². The summed E-state index contributed by atoms with van der Waals surface area (Å²) in [6.07, 6.45) is 1.26. The van der Waals surface area contributed by atoms with Gasteiger partial charge in [0.25, 0.3) is 0 Å². The average molecular weight is 399 g/mol. The molecule has 1 aromatic rings. The number of nitrogens with zero attached hydrogens (tertiary/aromatic N) is 3. The lowest BCUT2D eigenvalue weighted by molar-refractivity contribution is -0.138. The van der Waals surface area contributed by atoms with Gasteiger partial charge in [0.1, 0.15) is 16.5 Å². The van der Waals surface area contributed by atoms with E-state index in [-0.39, 0.29) is 29.0 Å². The first-order valence-corrected chi connectivity index (χ1v) is 10.6. The third kappa shape index (κ3) is 4.25. The van der Waals surface area contributed by atoms with E-state index < -0.39 is 15.8 Å². The summed E-state index contributed by atoms with van der Waals surface area (Å²) in [4.78, 5) is 16.6. The Bertz CT molecular complexity index is 794. The summed E-state index contributed by atoms with van der Waals surface area (Å²) in [6.45, 7) is 3.40. The van der Waals surface area contributed by atoms with Gasteiger partial charge in [-0.1, -0.05) is 0 Å². The maximum Gasteiger partial charge on any atom is 0.246 e. The Balaban J connectivity index is 1.77. The monoisotopic (exact) mass is 399 g/mol. The number of benzene rings is 1. The molecule has 0 radical (unpaired) electrons. The van der Waals surface area contributed by atoms with E-state index in [1.54, 1.807) is 0 Å². The van der Waals surface area contributed by atoms with Crippen molar-refractivity contribution >= 4 is 15.9 Å². The van der Waals surface area contributed by atoms with Crippen molar-refractivity contribution in [1.29, 1.82) is 0 Å². The minimum atomic E-state index is -3.94. The predicted octanol–water partition coefficient (Wildman–Crippen LogP) is 1.01. The second-order valence-corrected chi connectivity index (χ2v) is 9.03. The summed E-state index contributed by atoms with van der Waals surface area (Å²) in [5.41, 5.74) is 0. The number of likely N-dealkylation sites (N-methyl/N-ethyl adjacent to an activating group) is 1. The molecule has 7 nitrogen and oxygen atoms in total. The van der Waals surface area contributed by atoms with Crippen molar-refractivity contribution < 1.29 is 22.3 Å². The fraction of sp³-hybridized carbons (Fsp3) is 0.611. The fourth-order valence-corrected chi connectivity index (χ4v) is 5.33. The molecule has 0 N–H and O–H groups in total. The van der Waals surface area contributed by atoms with Crippen LogP contribution in [0.25, 0.3) is 0 Å². The third-order valence-electron chi connectivity index (χ3n) is 5.29. The number of sulfonamides is 1. The van der Waals surface area contributed by atoms with Crippen LogP contribution in [0.1, 0.15) is 12.8 Å². The highest BCUT2D eigenvalue weighted by Crippen LogP contribution is 2.31.